The minimum Gasteiger partial charge on any atom is -0.459 e. The fourth-order valence-corrected chi connectivity index (χ4v) is 3.18. The van der Waals surface area contributed by atoms with Crippen LogP contribution < -0.4 is 5.32 Å². The molecule has 1 saturated heterocycles. The van der Waals surface area contributed by atoms with Gasteiger partial charge in [-0.3, -0.25) is 4.79 Å². The molecule has 0 aromatic heterocycles. The average molecular weight is 429 g/mol. The summed E-state index contributed by atoms with van der Waals surface area (Å²) in [5, 5.41) is 23.5. The van der Waals surface area contributed by atoms with Crippen LogP contribution in [0.2, 0.25) is 0 Å². The Hall–Kier alpha value is -3.27. The lowest BCUT2D eigenvalue weighted by Crippen LogP contribution is -2.65. The molecule has 1 aliphatic heterocycles. The lowest BCUT2D eigenvalue weighted by Gasteiger charge is -2.42. The molecule has 0 saturated carbocycles. The van der Waals surface area contributed by atoms with Crippen LogP contribution >= 0.6 is 0 Å². The van der Waals surface area contributed by atoms with E-state index in [1.807, 2.05) is 0 Å². The van der Waals surface area contributed by atoms with Crippen molar-refractivity contribution in [2.75, 3.05) is 6.61 Å². The van der Waals surface area contributed by atoms with Gasteiger partial charge in [-0.05, 0) is 24.3 Å². The number of hydrogen-bond donors (Lipinski definition) is 3. The molecule has 0 bridgehead atoms. The molecule has 1 amide bonds. The lowest BCUT2D eigenvalue weighted by molar-refractivity contribution is -0.253. The molecule has 9 heteroatoms. The highest BCUT2D eigenvalue weighted by Crippen LogP contribution is 2.24. The summed E-state index contributed by atoms with van der Waals surface area (Å²) in [5.41, 5.74) is 0.529. The van der Waals surface area contributed by atoms with Gasteiger partial charge in [-0.1, -0.05) is 36.4 Å². The van der Waals surface area contributed by atoms with Crippen molar-refractivity contribution in [3.63, 3.8) is 0 Å². The first-order chi connectivity index (χ1) is 14.9. The van der Waals surface area contributed by atoms with Gasteiger partial charge < -0.3 is 29.7 Å². The highest BCUT2D eigenvalue weighted by molar-refractivity contribution is 5.90. The van der Waals surface area contributed by atoms with Crippen molar-refractivity contribution < 1.29 is 38.8 Å². The van der Waals surface area contributed by atoms with E-state index in [-0.39, 0.29) is 5.56 Å². The Bertz CT molecular complexity index is 904. The van der Waals surface area contributed by atoms with Crippen molar-refractivity contribution in [2.45, 2.75) is 37.6 Å². The Morgan fingerprint density at radius 2 is 1.48 bits per heavy atom. The average Bonchev–Trinajstić information content (AvgIpc) is 2.78. The minimum atomic E-state index is -1.61. The fourth-order valence-electron chi connectivity index (χ4n) is 3.18. The van der Waals surface area contributed by atoms with Gasteiger partial charge in [-0.2, -0.15) is 0 Å². The minimum absolute atomic E-state index is 0.226. The van der Waals surface area contributed by atoms with Crippen molar-refractivity contribution >= 4 is 17.8 Å². The third-order valence-electron chi connectivity index (χ3n) is 4.70. The summed E-state index contributed by atoms with van der Waals surface area (Å²) in [6, 6.07) is 15.0. The van der Waals surface area contributed by atoms with Crippen molar-refractivity contribution in [3.8, 4) is 0 Å². The monoisotopic (exact) mass is 429 g/mol. The molecule has 0 aliphatic carbocycles. The van der Waals surface area contributed by atoms with Gasteiger partial charge in [0, 0.05) is 6.92 Å². The van der Waals surface area contributed by atoms with Crippen LogP contribution in [-0.2, 0) is 19.0 Å². The Morgan fingerprint density at radius 1 is 0.935 bits per heavy atom. The number of hydrogen-bond acceptors (Lipinski definition) is 8. The zero-order valence-electron chi connectivity index (χ0n) is 16.7. The maximum atomic E-state index is 12.5. The molecule has 1 fully saturated rings. The Kier molecular flexibility index (Phi) is 7.35. The number of aliphatic hydroxyl groups excluding tert-OH is 2. The van der Waals surface area contributed by atoms with E-state index in [0.717, 1.165) is 0 Å². The first-order valence-corrected chi connectivity index (χ1v) is 9.63. The molecule has 1 heterocycles. The SMILES string of the molecule is CC(=O)N[C@@H]1[C@@H](OC(=O)c2ccccc2)[C@H](O)[C@@H](COC(=O)c2ccccc2)O[C@H]1O. The smallest absolute Gasteiger partial charge is 0.338 e. The zero-order chi connectivity index (χ0) is 22.4. The molecule has 9 nitrogen and oxygen atoms in total. The number of carbonyl (C=O) groups is 3. The van der Waals surface area contributed by atoms with Crippen molar-refractivity contribution in [1.29, 1.82) is 0 Å². The van der Waals surface area contributed by atoms with Gasteiger partial charge in [0.1, 0.15) is 24.9 Å². The Balaban J connectivity index is 1.73. The maximum Gasteiger partial charge on any atom is 0.338 e. The molecule has 3 N–H and O–H groups in total. The second-order valence-corrected chi connectivity index (χ2v) is 6.98. The van der Waals surface area contributed by atoms with Crippen LogP contribution in [0.25, 0.3) is 0 Å². The molecule has 0 unspecified atom stereocenters. The quantitative estimate of drug-likeness (QED) is 0.571. The first-order valence-electron chi connectivity index (χ1n) is 9.63. The predicted molar refractivity (Wildman–Crippen MR) is 107 cm³/mol. The normalized spacial score (nSPS) is 25.3. The number of amides is 1. The molecule has 1 aliphatic rings. The standard InChI is InChI=1S/C22H23NO8/c1-13(24)23-17-19(31-21(27)15-10-6-3-7-11-15)18(25)16(30-22(17)28)12-29-20(26)14-8-4-2-5-9-14/h2-11,16-19,22,25,28H,12H2,1H3,(H,23,24)/t16-,17-,18-,19-,22-/m1/s1. The van der Waals surface area contributed by atoms with Crippen LogP contribution in [-0.4, -0.2) is 65.3 Å². The summed E-state index contributed by atoms with van der Waals surface area (Å²) < 4.78 is 15.9. The number of carbonyl (C=O) groups excluding carboxylic acids is 3. The number of esters is 2. The van der Waals surface area contributed by atoms with E-state index < -0.39 is 55.1 Å². The van der Waals surface area contributed by atoms with Crippen molar-refractivity contribution in [3.05, 3.63) is 71.8 Å². The van der Waals surface area contributed by atoms with Gasteiger partial charge in [0.2, 0.25) is 5.91 Å². The highest BCUT2D eigenvalue weighted by Gasteiger charge is 2.48. The molecular formula is C22H23NO8. The van der Waals surface area contributed by atoms with E-state index in [0.29, 0.717) is 5.56 Å². The van der Waals surface area contributed by atoms with E-state index in [1.54, 1.807) is 48.5 Å². The van der Waals surface area contributed by atoms with E-state index in [9.17, 15) is 24.6 Å². The van der Waals surface area contributed by atoms with Gasteiger partial charge in [0.05, 0.1) is 11.1 Å². The number of nitrogens with one attached hydrogen (secondary N) is 1. The molecule has 31 heavy (non-hydrogen) atoms. The number of rotatable bonds is 6. The van der Waals surface area contributed by atoms with Gasteiger partial charge in [0.15, 0.2) is 12.4 Å². The van der Waals surface area contributed by atoms with E-state index in [4.69, 9.17) is 14.2 Å². The summed E-state index contributed by atoms with van der Waals surface area (Å²) in [6.45, 7) is 0.807. The van der Waals surface area contributed by atoms with Crippen LogP contribution in [0.1, 0.15) is 27.6 Å². The number of aliphatic hydroxyl groups is 2. The topological polar surface area (TPSA) is 131 Å². The Morgan fingerprint density at radius 3 is 2.03 bits per heavy atom. The molecule has 164 valence electrons. The molecule has 0 radical (unpaired) electrons. The highest BCUT2D eigenvalue weighted by atomic mass is 16.6. The zero-order valence-corrected chi connectivity index (χ0v) is 16.7. The second-order valence-electron chi connectivity index (χ2n) is 6.98. The summed E-state index contributed by atoms with van der Waals surface area (Å²) in [7, 11) is 0. The van der Waals surface area contributed by atoms with Crippen LogP contribution in [0.5, 0.6) is 0 Å². The fraction of sp³-hybridized carbons (Fsp3) is 0.318. The van der Waals surface area contributed by atoms with Crippen LogP contribution in [0.3, 0.4) is 0 Å². The number of ether oxygens (including phenoxy) is 3. The molecule has 0 spiro atoms. The first kappa shape index (κ1) is 22.4. The van der Waals surface area contributed by atoms with Crippen molar-refractivity contribution in [2.24, 2.45) is 0 Å². The maximum absolute atomic E-state index is 12.5. The molecule has 3 rings (SSSR count). The molecule has 2 aromatic rings. The van der Waals surface area contributed by atoms with Crippen LogP contribution in [0.15, 0.2) is 60.7 Å². The van der Waals surface area contributed by atoms with Crippen LogP contribution in [0.4, 0.5) is 0 Å². The third kappa shape index (κ3) is 5.66. The molecule has 5 atom stereocenters. The molecular weight excluding hydrogens is 406 g/mol. The van der Waals surface area contributed by atoms with E-state index in [1.165, 1.54) is 19.1 Å². The summed E-state index contributed by atoms with van der Waals surface area (Å²) in [6.07, 6.45) is -5.64. The largest absolute Gasteiger partial charge is 0.459 e. The third-order valence-corrected chi connectivity index (χ3v) is 4.70. The van der Waals surface area contributed by atoms with E-state index in [2.05, 4.69) is 5.32 Å². The lowest BCUT2D eigenvalue weighted by atomic mass is 9.96. The number of benzene rings is 2. The summed E-state index contributed by atoms with van der Waals surface area (Å²) >= 11 is 0. The van der Waals surface area contributed by atoms with Gasteiger partial charge in [-0.15, -0.1) is 0 Å². The Labute approximate surface area is 178 Å². The van der Waals surface area contributed by atoms with Crippen LogP contribution in [0, 0.1) is 0 Å². The van der Waals surface area contributed by atoms with Crippen molar-refractivity contribution in [1.82, 2.24) is 5.32 Å². The van der Waals surface area contributed by atoms with Gasteiger partial charge >= 0.3 is 11.9 Å². The summed E-state index contributed by atoms with van der Waals surface area (Å²) in [5.74, 6) is -1.92. The summed E-state index contributed by atoms with van der Waals surface area (Å²) in [4.78, 5) is 36.2. The van der Waals surface area contributed by atoms with E-state index >= 15 is 0 Å². The predicted octanol–water partition coefficient (Wildman–Crippen LogP) is 0.652. The molecule has 2 aromatic carbocycles. The second kappa shape index (κ2) is 10.2. The van der Waals surface area contributed by atoms with Gasteiger partial charge in [0.25, 0.3) is 0 Å². The van der Waals surface area contributed by atoms with Gasteiger partial charge in [-0.25, -0.2) is 9.59 Å².